The first-order valence-electron chi connectivity index (χ1n) is 7.37. The van der Waals surface area contributed by atoms with Gasteiger partial charge in [0.1, 0.15) is 5.75 Å². The second kappa shape index (κ2) is 10.5. The van der Waals surface area contributed by atoms with E-state index in [1.54, 1.807) is 20.4 Å². The number of pyridine rings is 1. The number of nitrogens with one attached hydrogen (secondary N) is 1. The maximum absolute atomic E-state index is 5.87. The molecule has 0 bridgehead atoms. The molecule has 1 aromatic carbocycles. The second-order valence-electron chi connectivity index (χ2n) is 4.93. The highest BCUT2D eigenvalue weighted by Gasteiger charge is 1.98. The van der Waals surface area contributed by atoms with Gasteiger partial charge in [0.15, 0.2) is 5.96 Å². The molecule has 3 N–H and O–H groups in total. The summed E-state index contributed by atoms with van der Waals surface area (Å²) in [6.07, 6.45) is 2.56. The van der Waals surface area contributed by atoms with Gasteiger partial charge in [-0.25, -0.2) is 9.98 Å². The lowest BCUT2D eigenvalue weighted by atomic mass is 10.1. The molecule has 0 aliphatic carbocycles. The first kappa shape index (κ1) is 19.8. The lowest BCUT2D eigenvalue weighted by Gasteiger charge is -2.07. The van der Waals surface area contributed by atoms with Gasteiger partial charge in [0, 0.05) is 18.8 Å². The van der Waals surface area contributed by atoms with E-state index in [9.17, 15) is 0 Å². The zero-order valence-electron chi connectivity index (χ0n) is 13.9. The van der Waals surface area contributed by atoms with Gasteiger partial charge in [-0.15, -0.1) is 17.0 Å². The van der Waals surface area contributed by atoms with Crippen molar-refractivity contribution in [3.63, 3.8) is 0 Å². The fourth-order valence-electron chi connectivity index (χ4n) is 2.02. The minimum atomic E-state index is 0. The molecule has 0 radical (unpaired) electrons. The van der Waals surface area contributed by atoms with Crippen molar-refractivity contribution in [2.45, 2.75) is 13.0 Å². The molecule has 0 saturated heterocycles. The average molecular weight is 395 g/mol. The first-order chi connectivity index (χ1) is 11.2. The van der Waals surface area contributed by atoms with Crippen LogP contribution >= 0.6 is 17.0 Å². The number of nitrogens with two attached hydrogens (primary N) is 1. The van der Waals surface area contributed by atoms with Crippen molar-refractivity contribution in [2.75, 3.05) is 20.8 Å². The van der Waals surface area contributed by atoms with Crippen LogP contribution in [0.15, 0.2) is 47.6 Å². The van der Waals surface area contributed by atoms with E-state index in [0.29, 0.717) is 18.4 Å². The molecule has 2 rings (SSSR count). The minimum Gasteiger partial charge on any atom is -0.497 e. The predicted molar refractivity (Wildman–Crippen MR) is 101 cm³/mol. The van der Waals surface area contributed by atoms with E-state index in [1.807, 2.05) is 36.4 Å². The lowest BCUT2D eigenvalue weighted by Crippen LogP contribution is -2.33. The van der Waals surface area contributed by atoms with Gasteiger partial charge in [-0.05, 0) is 35.7 Å². The Morgan fingerprint density at radius 2 is 1.88 bits per heavy atom. The SMILES string of the molecule is Br.COc1ccc(CCNC(N)=NCc2ccnc(OC)c2)cc1. The largest absolute Gasteiger partial charge is 0.497 e. The molecule has 6 nitrogen and oxygen atoms in total. The molecule has 0 aliphatic heterocycles. The summed E-state index contributed by atoms with van der Waals surface area (Å²) in [5.74, 6) is 1.86. The Morgan fingerprint density at radius 3 is 2.54 bits per heavy atom. The number of nitrogens with zero attached hydrogens (tertiary/aromatic N) is 2. The molecule has 1 aromatic heterocycles. The molecule has 0 spiro atoms. The van der Waals surface area contributed by atoms with E-state index in [1.165, 1.54) is 5.56 Å². The quantitative estimate of drug-likeness (QED) is 0.556. The number of methoxy groups -OCH3 is 2. The van der Waals surface area contributed by atoms with Crippen LogP contribution in [-0.2, 0) is 13.0 Å². The third-order valence-corrected chi connectivity index (χ3v) is 3.32. The second-order valence-corrected chi connectivity index (χ2v) is 4.93. The van der Waals surface area contributed by atoms with Crippen molar-refractivity contribution in [2.24, 2.45) is 10.7 Å². The average Bonchev–Trinajstić information content (AvgIpc) is 2.61. The van der Waals surface area contributed by atoms with Crippen molar-refractivity contribution in [1.29, 1.82) is 0 Å². The maximum atomic E-state index is 5.87. The van der Waals surface area contributed by atoms with E-state index in [2.05, 4.69) is 15.3 Å². The van der Waals surface area contributed by atoms with Crippen LogP contribution in [0, 0.1) is 0 Å². The molecule has 130 valence electrons. The molecule has 0 unspecified atom stereocenters. The maximum Gasteiger partial charge on any atom is 0.213 e. The summed E-state index contributed by atoms with van der Waals surface area (Å²) in [5.41, 5.74) is 8.08. The van der Waals surface area contributed by atoms with Crippen LogP contribution in [0.2, 0.25) is 0 Å². The minimum absolute atomic E-state index is 0. The van der Waals surface area contributed by atoms with Crippen molar-refractivity contribution in [3.05, 3.63) is 53.7 Å². The van der Waals surface area contributed by atoms with Crippen LogP contribution in [-0.4, -0.2) is 31.7 Å². The van der Waals surface area contributed by atoms with Gasteiger partial charge >= 0.3 is 0 Å². The standard InChI is InChI=1S/C17H22N4O2.BrH/c1-22-15-5-3-13(4-6-15)7-10-20-17(18)21-12-14-8-9-19-16(11-14)23-2;/h3-6,8-9,11H,7,10,12H2,1-2H3,(H3,18,20,21);1H. The molecule has 0 amide bonds. The highest BCUT2D eigenvalue weighted by Crippen LogP contribution is 2.11. The van der Waals surface area contributed by atoms with Crippen molar-refractivity contribution in [1.82, 2.24) is 10.3 Å². The molecule has 0 saturated carbocycles. The highest BCUT2D eigenvalue weighted by atomic mass is 79.9. The van der Waals surface area contributed by atoms with Crippen molar-refractivity contribution < 1.29 is 9.47 Å². The molecule has 7 heteroatoms. The Bertz CT molecular complexity index is 647. The van der Waals surface area contributed by atoms with Gasteiger partial charge in [0.2, 0.25) is 5.88 Å². The number of aromatic nitrogens is 1. The number of aliphatic imine (C=N–C) groups is 1. The molecular formula is C17H23BrN4O2. The van der Waals surface area contributed by atoms with Crippen LogP contribution in [0.4, 0.5) is 0 Å². The van der Waals surface area contributed by atoms with E-state index in [0.717, 1.165) is 24.3 Å². The van der Waals surface area contributed by atoms with Gasteiger partial charge in [0.05, 0.1) is 20.8 Å². The third-order valence-electron chi connectivity index (χ3n) is 3.32. The molecule has 24 heavy (non-hydrogen) atoms. The van der Waals surface area contributed by atoms with Crippen LogP contribution in [0.5, 0.6) is 11.6 Å². The molecule has 2 aromatic rings. The summed E-state index contributed by atoms with van der Waals surface area (Å²) in [6.45, 7) is 1.21. The van der Waals surface area contributed by atoms with E-state index < -0.39 is 0 Å². The summed E-state index contributed by atoms with van der Waals surface area (Å²) in [5, 5.41) is 3.11. The Hall–Kier alpha value is -2.28. The van der Waals surface area contributed by atoms with Crippen LogP contribution in [0.1, 0.15) is 11.1 Å². The van der Waals surface area contributed by atoms with E-state index in [4.69, 9.17) is 15.2 Å². The van der Waals surface area contributed by atoms with Crippen LogP contribution in [0.25, 0.3) is 0 Å². The van der Waals surface area contributed by atoms with E-state index in [-0.39, 0.29) is 17.0 Å². The number of benzene rings is 1. The molecule has 1 heterocycles. The normalized spacial score (nSPS) is 10.7. The first-order valence-corrected chi connectivity index (χ1v) is 7.37. The fraction of sp³-hybridized carbons (Fsp3) is 0.294. The summed E-state index contributed by atoms with van der Waals surface area (Å²) >= 11 is 0. The van der Waals surface area contributed by atoms with E-state index >= 15 is 0 Å². The number of hydrogen-bond donors (Lipinski definition) is 2. The summed E-state index contributed by atoms with van der Waals surface area (Å²) in [4.78, 5) is 8.36. The molecular weight excluding hydrogens is 372 g/mol. The lowest BCUT2D eigenvalue weighted by molar-refractivity contribution is 0.397. The molecule has 0 aliphatic rings. The number of ether oxygens (including phenoxy) is 2. The number of hydrogen-bond acceptors (Lipinski definition) is 4. The van der Waals surface area contributed by atoms with Crippen LogP contribution in [0.3, 0.4) is 0 Å². The van der Waals surface area contributed by atoms with Crippen LogP contribution < -0.4 is 20.5 Å². The van der Waals surface area contributed by atoms with Gasteiger partial charge in [-0.3, -0.25) is 0 Å². The smallest absolute Gasteiger partial charge is 0.213 e. The zero-order chi connectivity index (χ0) is 16.5. The monoisotopic (exact) mass is 394 g/mol. The van der Waals surface area contributed by atoms with Gasteiger partial charge < -0.3 is 20.5 Å². The summed E-state index contributed by atoms with van der Waals surface area (Å²) in [7, 11) is 3.25. The predicted octanol–water partition coefficient (Wildman–Crippen LogP) is 2.32. The van der Waals surface area contributed by atoms with Crippen molar-refractivity contribution in [3.8, 4) is 11.6 Å². The van der Waals surface area contributed by atoms with Gasteiger partial charge in [-0.1, -0.05) is 12.1 Å². The zero-order valence-corrected chi connectivity index (χ0v) is 15.6. The number of rotatable bonds is 7. The Kier molecular flexibility index (Phi) is 8.64. The summed E-state index contributed by atoms with van der Waals surface area (Å²) in [6, 6.07) is 11.7. The molecule has 0 fully saturated rings. The Balaban J connectivity index is 0.00000288. The van der Waals surface area contributed by atoms with Gasteiger partial charge in [0.25, 0.3) is 0 Å². The Morgan fingerprint density at radius 1 is 1.12 bits per heavy atom. The highest BCUT2D eigenvalue weighted by molar-refractivity contribution is 8.93. The number of guanidine groups is 1. The third kappa shape index (κ3) is 6.45. The summed E-state index contributed by atoms with van der Waals surface area (Å²) < 4.78 is 10.2. The van der Waals surface area contributed by atoms with Gasteiger partial charge in [-0.2, -0.15) is 0 Å². The van der Waals surface area contributed by atoms with Crippen molar-refractivity contribution >= 4 is 22.9 Å². The Labute approximate surface area is 152 Å². The topological polar surface area (TPSA) is 81.8 Å². The fourth-order valence-corrected chi connectivity index (χ4v) is 2.02. The molecule has 0 atom stereocenters. The number of halogens is 1.